The maximum absolute atomic E-state index is 12.6. The summed E-state index contributed by atoms with van der Waals surface area (Å²) < 4.78 is 0. The SMILES string of the molecule is CNCCC1CCN(C(=O)c2ccc([N+](=O)[O-])cc2C)CC1. The fraction of sp³-hybridized carbons (Fsp3) is 0.562. The standard InChI is InChI=1S/C16H23N3O3/c1-12-11-14(19(21)22)3-4-15(12)16(20)18-9-6-13(7-10-18)5-8-17-2/h3-4,11,13,17H,5-10H2,1-2H3. The minimum absolute atomic E-state index is 0.0144. The molecular weight excluding hydrogens is 282 g/mol. The van der Waals surface area contributed by atoms with Gasteiger partial charge < -0.3 is 10.2 Å². The molecule has 1 N–H and O–H groups in total. The number of nitro groups is 1. The van der Waals surface area contributed by atoms with Crippen molar-refractivity contribution in [2.75, 3.05) is 26.7 Å². The molecule has 0 radical (unpaired) electrons. The highest BCUT2D eigenvalue weighted by molar-refractivity contribution is 5.96. The van der Waals surface area contributed by atoms with Gasteiger partial charge in [-0.15, -0.1) is 0 Å². The van der Waals surface area contributed by atoms with E-state index in [9.17, 15) is 14.9 Å². The molecule has 0 unspecified atom stereocenters. The van der Waals surface area contributed by atoms with Crippen molar-refractivity contribution in [3.63, 3.8) is 0 Å². The maximum atomic E-state index is 12.6. The zero-order valence-electron chi connectivity index (χ0n) is 13.2. The zero-order valence-corrected chi connectivity index (χ0v) is 13.2. The number of carbonyl (C=O) groups excluding carboxylic acids is 1. The van der Waals surface area contributed by atoms with E-state index >= 15 is 0 Å². The van der Waals surface area contributed by atoms with Crippen molar-refractivity contribution in [1.82, 2.24) is 10.2 Å². The van der Waals surface area contributed by atoms with E-state index in [1.807, 2.05) is 11.9 Å². The first-order valence-corrected chi connectivity index (χ1v) is 7.72. The second-order valence-corrected chi connectivity index (χ2v) is 5.88. The molecule has 1 saturated heterocycles. The highest BCUT2D eigenvalue weighted by Crippen LogP contribution is 2.23. The van der Waals surface area contributed by atoms with E-state index in [0.717, 1.165) is 38.9 Å². The van der Waals surface area contributed by atoms with E-state index in [2.05, 4.69) is 5.32 Å². The molecule has 2 rings (SSSR count). The number of likely N-dealkylation sites (tertiary alicyclic amines) is 1. The van der Waals surface area contributed by atoms with Crippen molar-refractivity contribution in [2.24, 2.45) is 5.92 Å². The van der Waals surface area contributed by atoms with Crippen LogP contribution in [0, 0.1) is 23.0 Å². The molecule has 1 aromatic carbocycles. The maximum Gasteiger partial charge on any atom is 0.269 e. The molecule has 1 aliphatic heterocycles. The first-order chi connectivity index (χ1) is 10.5. The van der Waals surface area contributed by atoms with Gasteiger partial charge in [-0.05, 0) is 57.3 Å². The lowest BCUT2D eigenvalue weighted by molar-refractivity contribution is -0.384. The average Bonchev–Trinajstić information content (AvgIpc) is 2.52. The van der Waals surface area contributed by atoms with Gasteiger partial charge in [0.05, 0.1) is 4.92 Å². The molecule has 1 amide bonds. The molecule has 6 heteroatoms. The number of aryl methyl sites for hydroxylation is 1. The summed E-state index contributed by atoms with van der Waals surface area (Å²) in [5.74, 6) is 0.661. The zero-order chi connectivity index (χ0) is 16.1. The average molecular weight is 305 g/mol. The molecule has 0 aromatic heterocycles. The van der Waals surface area contributed by atoms with Crippen LogP contribution in [0.2, 0.25) is 0 Å². The number of hydrogen-bond donors (Lipinski definition) is 1. The van der Waals surface area contributed by atoms with Crippen molar-refractivity contribution >= 4 is 11.6 Å². The molecule has 22 heavy (non-hydrogen) atoms. The summed E-state index contributed by atoms with van der Waals surface area (Å²) in [7, 11) is 1.95. The van der Waals surface area contributed by atoms with Crippen LogP contribution in [0.25, 0.3) is 0 Å². The number of hydrogen-bond acceptors (Lipinski definition) is 4. The van der Waals surface area contributed by atoms with Crippen LogP contribution in [0.15, 0.2) is 18.2 Å². The van der Waals surface area contributed by atoms with Crippen LogP contribution in [0.1, 0.15) is 35.2 Å². The van der Waals surface area contributed by atoms with E-state index < -0.39 is 4.92 Å². The highest BCUT2D eigenvalue weighted by Gasteiger charge is 2.24. The van der Waals surface area contributed by atoms with Crippen LogP contribution < -0.4 is 5.32 Å². The molecule has 0 aliphatic carbocycles. The molecule has 0 saturated carbocycles. The van der Waals surface area contributed by atoms with Crippen molar-refractivity contribution < 1.29 is 9.72 Å². The number of benzene rings is 1. The molecule has 0 spiro atoms. The van der Waals surface area contributed by atoms with E-state index in [0.29, 0.717) is 17.0 Å². The third kappa shape index (κ3) is 3.82. The van der Waals surface area contributed by atoms with Gasteiger partial charge in [-0.1, -0.05) is 0 Å². The summed E-state index contributed by atoms with van der Waals surface area (Å²) in [6, 6.07) is 4.44. The first-order valence-electron chi connectivity index (χ1n) is 7.72. The largest absolute Gasteiger partial charge is 0.339 e. The van der Waals surface area contributed by atoms with Crippen LogP contribution in [-0.4, -0.2) is 42.4 Å². The summed E-state index contributed by atoms with van der Waals surface area (Å²) in [5, 5.41) is 13.9. The molecule has 0 bridgehead atoms. The second-order valence-electron chi connectivity index (χ2n) is 5.88. The van der Waals surface area contributed by atoms with Crippen LogP contribution in [0.4, 0.5) is 5.69 Å². The number of piperidine rings is 1. The third-order valence-corrected chi connectivity index (χ3v) is 4.36. The molecule has 1 aliphatic rings. The lowest BCUT2D eigenvalue weighted by Crippen LogP contribution is -2.39. The summed E-state index contributed by atoms with van der Waals surface area (Å²) in [5.41, 5.74) is 1.26. The summed E-state index contributed by atoms with van der Waals surface area (Å²) in [6.07, 6.45) is 3.20. The van der Waals surface area contributed by atoms with Gasteiger partial charge in [0.15, 0.2) is 0 Å². The van der Waals surface area contributed by atoms with Crippen molar-refractivity contribution in [3.8, 4) is 0 Å². The Morgan fingerprint density at radius 2 is 2.09 bits per heavy atom. The Kier molecular flexibility index (Phi) is 5.49. The molecule has 120 valence electrons. The topological polar surface area (TPSA) is 75.5 Å². The minimum atomic E-state index is -0.436. The van der Waals surface area contributed by atoms with E-state index in [-0.39, 0.29) is 11.6 Å². The molecule has 6 nitrogen and oxygen atoms in total. The predicted molar refractivity (Wildman–Crippen MR) is 85.0 cm³/mol. The Morgan fingerprint density at radius 1 is 1.41 bits per heavy atom. The van der Waals surface area contributed by atoms with E-state index in [1.165, 1.54) is 12.1 Å². The monoisotopic (exact) mass is 305 g/mol. The molecule has 0 atom stereocenters. The molecule has 1 heterocycles. The van der Waals surface area contributed by atoms with Gasteiger partial charge in [-0.25, -0.2) is 0 Å². The van der Waals surface area contributed by atoms with Crippen molar-refractivity contribution in [3.05, 3.63) is 39.4 Å². The first kappa shape index (κ1) is 16.4. The quantitative estimate of drug-likeness (QED) is 0.669. The minimum Gasteiger partial charge on any atom is -0.339 e. The number of carbonyl (C=O) groups is 1. The Labute approximate surface area is 130 Å². The summed E-state index contributed by atoms with van der Waals surface area (Å²) in [6.45, 7) is 4.30. The number of nitrogens with one attached hydrogen (secondary N) is 1. The summed E-state index contributed by atoms with van der Waals surface area (Å²) in [4.78, 5) is 24.8. The molecule has 1 fully saturated rings. The normalized spacial score (nSPS) is 15.8. The van der Waals surface area contributed by atoms with Crippen LogP contribution in [0.3, 0.4) is 0 Å². The van der Waals surface area contributed by atoms with Gasteiger partial charge in [0.1, 0.15) is 0 Å². The van der Waals surface area contributed by atoms with Gasteiger partial charge >= 0.3 is 0 Å². The third-order valence-electron chi connectivity index (χ3n) is 4.36. The van der Waals surface area contributed by atoms with Crippen molar-refractivity contribution in [1.29, 1.82) is 0 Å². The number of nitro benzene ring substituents is 1. The lowest BCUT2D eigenvalue weighted by Gasteiger charge is -2.32. The number of rotatable bonds is 5. The van der Waals surface area contributed by atoms with Crippen molar-refractivity contribution in [2.45, 2.75) is 26.2 Å². The predicted octanol–water partition coefficient (Wildman–Crippen LogP) is 2.36. The second kappa shape index (κ2) is 7.35. The Morgan fingerprint density at radius 3 is 2.64 bits per heavy atom. The number of nitrogens with zero attached hydrogens (tertiary/aromatic N) is 2. The van der Waals surface area contributed by atoms with Gasteiger partial charge in [-0.2, -0.15) is 0 Å². The lowest BCUT2D eigenvalue weighted by atomic mass is 9.93. The van der Waals surface area contributed by atoms with Crippen LogP contribution >= 0.6 is 0 Å². The van der Waals surface area contributed by atoms with Gasteiger partial charge in [0, 0.05) is 30.8 Å². The van der Waals surface area contributed by atoms with Crippen LogP contribution in [-0.2, 0) is 0 Å². The molecule has 1 aromatic rings. The van der Waals surface area contributed by atoms with Crippen LogP contribution in [0.5, 0.6) is 0 Å². The van der Waals surface area contributed by atoms with Gasteiger partial charge in [0.25, 0.3) is 11.6 Å². The molecular formula is C16H23N3O3. The fourth-order valence-electron chi connectivity index (χ4n) is 2.94. The fourth-order valence-corrected chi connectivity index (χ4v) is 2.94. The Balaban J connectivity index is 1.99. The number of amides is 1. The smallest absolute Gasteiger partial charge is 0.269 e. The van der Waals surface area contributed by atoms with Gasteiger partial charge in [0.2, 0.25) is 0 Å². The number of non-ortho nitro benzene ring substituents is 1. The van der Waals surface area contributed by atoms with E-state index in [4.69, 9.17) is 0 Å². The van der Waals surface area contributed by atoms with Gasteiger partial charge in [-0.3, -0.25) is 14.9 Å². The van der Waals surface area contributed by atoms with E-state index in [1.54, 1.807) is 13.0 Å². The summed E-state index contributed by atoms with van der Waals surface area (Å²) >= 11 is 0. The Hall–Kier alpha value is -1.95. The highest BCUT2D eigenvalue weighted by atomic mass is 16.6. The Bertz CT molecular complexity index is 552.